The van der Waals surface area contributed by atoms with Crippen LogP contribution in [0.5, 0.6) is 0 Å². The highest BCUT2D eigenvalue weighted by Crippen LogP contribution is 2.69. The third kappa shape index (κ3) is 2.32. The second-order valence-electron chi connectivity index (χ2n) is 10.3. The molecular formula is C29H26N2. The molecule has 4 bridgehead atoms. The van der Waals surface area contributed by atoms with E-state index in [0.717, 1.165) is 35.0 Å². The molecule has 0 saturated heterocycles. The third-order valence-electron chi connectivity index (χ3n) is 8.86. The first-order chi connectivity index (χ1) is 15.3. The summed E-state index contributed by atoms with van der Waals surface area (Å²) in [5.41, 5.74) is 9.16. The van der Waals surface area contributed by atoms with Gasteiger partial charge in [-0.15, -0.1) is 0 Å². The first kappa shape index (κ1) is 17.6. The van der Waals surface area contributed by atoms with Crippen molar-refractivity contribution in [1.29, 1.82) is 5.26 Å². The minimum Gasteiger partial charge on any atom is -0.356 e. The number of nitriles is 1. The SMILES string of the molecule is N#Cc1ccc(Nc2ccc3c(c2)-c2ccccc2C32C3CC4CC(C3)CC2C4)cc1. The maximum absolute atomic E-state index is 9.05. The first-order valence-corrected chi connectivity index (χ1v) is 11.8. The number of nitrogens with one attached hydrogen (secondary N) is 1. The normalized spacial score (nSPS) is 31.3. The summed E-state index contributed by atoms with van der Waals surface area (Å²) < 4.78 is 0. The number of anilines is 2. The predicted molar refractivity (Wildman–Crippen MR) is 124 cm³/mol. The molecule has 152 valence electrons. The Labute approximate surface area is 183 Å². The van der Waals surface area contributed by atoms with Crippen LogP contribution >= 0.6 is 0 Å². The Kier molecular flexibility index (Phi) is 3.54. The maximum atomic E-state index is 9.05. The Morgan fingerprint density at radius 3 is 2.06 bits per heavy atom. The lowest BCUT2D eigenvalue weighted by molar-refractivity contribution is -0.0399. The average molecular weight is 403 g/mol. The number of fused-ring (bicyclic) bond motifs is 3. The van der Waals surface area contributed by atoms with E-state index >= 15 is 0 Å². The summed E-state index contributed by atoms with van der Waals surface area (Å²) in [7, 11) is 0. The summed E-state index contributed by atoms with van der Waals surface area (Å²) >= 11 is 0. The number of benzene rings is 3. The van der Waals surface area contributed by atoms with Gasteiger partial charge in [-0.3, -0.25) is 0 Å². The van der Waals surface area contributed by atoms with Crippen molar-refractivity contribution in [3.05, 3.63) is 83.4 Å². The standard InChI is InChI=1S/C29H26N2/c30-17-18-5-7-23(8-6-18)31-24-9-10-28-26(16-24)25-3-1-2-4-27(25)29(28)21-12-19-11-20(14-21)15-22(29)13-19/h1-10,16,19-22,31H,11-15H2. The van der Waals surface area contributed by atoms with Crippen molar-refractivity contribution in [2.75, 3.05) is 5.32 Å². The number of nitrogens with zero attached hydrogens (tertiary/aromatic N) is 1. The van der Waals surface area contributed by atoms with E-state index in [1.54, 1.807) is 11.1 Å². The first-order valence-electron chi connectivity index (χ1n) is 11.8. The van der Waals surface area contributed by atoms with Gasteiger partial charge in [-0.25, -0.2) is 0 Å². The zero-order valence-corrected chi connectivity index (χ0v) is 17.6. The van der Waals surface area contributed by atoms with E-state index in [2.05, 4.69) is 53.9 Å². The topological polar surface area (TPSA) is 35.8 Å². The molecule has 4 fully saturated rings. The van der Waals surface area contributed by atoms with E-state index in [4.69, 9.17) is 5.26 Å². The predicted octanol–water partition coefficient (Wildman–Crippen LogP) is 7.02. The molecule has 2 nitrogen and oxygen atoms in total. The molecule has 0 aliphatic heterocycles. The van der Waals surface area contributed by atoms with Gasteiger partial charge >= 0.3 is 0 Å². The molecule has 1 spiro atoms. The van der Waals surface area contributed by atoms with Crippen molar-refractivity contribution in [3.63, 3.8) is 0 Å². The molecule has 5 aliphatic carbocycles. The quantitative estimate of drug-likeness (QED) is 0.500. The molecule has 5 aliphatic rings. The molecule has 3 aromatic rings. The molecule has 0 heterocycles. The molecule has 3 aromatic carbocycles. The summed E-state index contributed by atoms with van der Waals surface area (Å²) in [4.78, 5) is 0. The molecule has 8 rings (SSSR count). The molecule has 0 amide bonds. The van der Waals surface area contributed by atoms with Crippen molar-refractivity contribution < 1.29 is 0 Å². The van der Waals surface area contributed by atoms with E-state index < -0.39 is 0 Å². The fourth-order valence-electron chi connectivity index (χ4n) is 8.03. The Bertz CT molecular complexity index is 1200. The van der Waals surface area contributed by atoms with Gasteiger partial charge in [0, 0.05) is 16.8 Å². The van der Waals surface area contributed by atoms with Crippen LogP contribution in [0.4, 0.5) is 11.4 Å². The molecule has 1 N–H and O–H groups in total. The minimum absolute atomic E-state index is 0.242. The summed E-state index contributed by atoms with van der Waals surface area (Å²) in [5.74, 6) is 3.57. The zero-order valence-electron chi connectivity index (χ0n) is 17.6. The summed E-state index contributed by atoms with van der Waals surface area (Å²) in [5, 5.41) is 12.6. The van der Waals surface area contributed by atoms with E-state index in [-0.39, 0.29) is 5.41 Å². The van der Waals surface area contributed by atoms with Gasteiger partial charge in [-0.2, -0.15) is 5.26 Å². The largest absolute Gasteiger partial charge is 0.356 e. The van der Waals surface area contributed by atoms with Crippen LogP contribution in [0.2, 0.25) is 0 Å². The molecule has 0 aromatic heterocycles. The van der Waals surface area contributed by atoms with Crippen LogP contribution in [0, 0.1) is 35.0 Å². The van der Waals surface area contributed by atoms with Crippen LogP contribution in [0.15, 0.2) is 66.7 Å². The summed E-state index contributed by atoms with van der Waals surface area (Å²) in [6.07, 6.45) is 7.18. The number of hydrogen-bond acceptors (Lipinski definition) is 2. The fraction of sp³-hybridized carbons (Fsp3) is 0.345. The van der Waals surface area contributed by atoms with Crippen LogP contribution in [-0.2, 0) is 5.41 Å². The lowest BCUT2D eigenvalue weighted by Gasteiger charge is -2.61. The minimum atomic E-state index is 0.242. The van der Waals surface area contributed by atoms with Crippen molar-refractivity contribution in [2.45, 2.75) is 37.5 Å². The van der Waals surface area contributed by atoms with Gasteiger partial charge in [0.2, 0.25) is 0 Å². The Hall–Kier alpha value is -3.05. The van der Waals surface area contributed by atoms with Gasteiger partial charge in [-0.05, 0) is 114 Å². The number of hydrogen-bond donors (Lipinski definition) is 1. The molecule has 4 saturated carbocycles. The van der Waals surface area contributed by atoms with E-state index in [1.807, 2.05) is 24.3 Å². The highest BCUT2D eigenvalue weighted by atomic mass is 14.9. The maximum Gasteiger partial charge on any atom is 0.0991 e. The summed E-state index contributed by atoms with van der Waals surface area (Å²) in [6.45, 7) is 0. The van der Waals surface area contributed by atoms with Gasteiger partial charge in [0.1, 0.15) is 0 Å². The van der Waals surface area contributed by atoms with Gasteiger partial charge in [0.15, 0.2) is 0 Å². The summed E-state index contributed by atoms with van der Waals surface area (Å²) in [6, 6.07) is 26.2. The van der Waals surface area contributed by atoms with Crippen LogP contribution in [0.1, 0.15) is 48.8 Å². The van der Waals surface area contributed by atoms with Crippen molar-refractivity contribution in [1.82, 2.24) is 0 Å². The zero-order chi connectivity index (χ0) is 20.6. The van der Waals surface area contributed by atoms with E-state index in [1.165, 1.54) is 43.2 Å². The highest BCUT2D eigenvalue weighted by Gasteiger charge is 2.61. The third-order valence-corrected chi connectivity index (χ3v) is 8.86. The van der Waals surface area contributed by atoms with E-state index in [9.17, 15) is 0 Å². The van der Waals surface area contributed by atoms with Gasteiger partial charge in [0.05, 0.1) is 11.6 Å². The molecule has 2 heteroatoms. The van der Waals surface area contributed by atoms with Gasteiger partial charge < -0.3 is 5.32 Å². The Balaban J connectivity index is 1.35. The lowest BCUT2D eigenvalue weighted by atomic mass is 9.43. The van der Waals surface area contributed by atoms with E-state index in [0.29, 0.717) is 5.56 Å². The molecule has 0 atom stereocenters. The van der Waals surface area contributed by atoms with Gasteiger partial charge in [0.25, 0.3) is 0 Å². The van der Waals surface area contributed by atoms with Crippen molar-refractivity contribution in [3.8, 4) is 17.2 Å². The van der Waals surface area contributed by atoms with Crippen LogP contribution in [0.3, 0.4) is 0 Å². The lowest BCUT2D eigenvalue weighted by Crippen LogP contribution is -2.55. The van der Waals surface area contributed by atoms with Crippen LogP contribution in [0.25, 0.3) is 11.1 Å². The highest BCUT2D eigenvalue weighted by molar-refractivity contribution is 5.84. The van der Waals surface area contributed by atoms with Gasteiger partial charge in [-0.1, -0.05) is 30.3 Å². The molecular weight excluding hydrogens is 376 g/mol. The molecule has 0 unspecified atom stereocenters. The Morgan fingerprint density at radius 2 is 1.35 bits per heavy atom. The smallest absolute Gasteiger partial charge is 0.0991 e. The molecule has 31 heavy (non-hydrogen) atoms. The van der Waals surface area contributed by atoms with Crippen LogP contribution < -0.4 is 5.32 Å². The second kappa shape index (κ2) is 6.24. The number of rotatable bonds is 2. The van der Waals surface area contributed by atoms with Crippen LogP contribution in [-0.4, -0.2) is 0 Å². The van der Waals surface area contributed by atoms with Crippen molar-refractivity contribution in [2.24, 2.45) is 23.7 Å². The second-order valence-corrected chi connectivity index (χ2v) is 10.3. The Morgan fingerprint density at radius 1 is 0.710 bits per heavy atom. The molecule has 0 radical (unpaired) electrons. The monoisotopic (exact) mass is 402 g/mol. The fourth-order valence-corrected chi connectivity index (χ4v) is 8.03. The average Bonchev–Trinajstić information content (AvgIpc) is 3.08. The van der Waals surface area contributed by atoms with Crippen molar-refractivity contribution >= 4 is 11.4 Å².